The third-order valence-electron chi connectivity index (χ3n) is 3.32. The minimum Gasteiger partial charge on any atom is -0.310 e. The van der Waals surface area contributed by atoms with Gasteiger partial charge in [0, 0.05) is 6.04 Å². The van der Waals surface area contributed by atoms with Crippen LogP contribution < -0.4 is 5.32 Å². The molecule has 2 unspecified atom stereocenters. The molecule has 1 aromatic carbocycles. The molecule has 0 spiro atoms. The van der Waals surface area contributed by atoms with Crippen molar-refractivity contribution in [3.63, 3.8) is 0 Å². The van der Waals surface area contributed by atoms with E-state index in [1.165, 1.54) is 0 Å². The van der Waals surface area contributed by atoms with Crippen molar-refractivity contribution in [1.29, 1.82) is 0 Å². The number of rotatable bonds is 5. The van der Waals surface area contributed by atoms with Gasteiger partial charge in [0.05, 0.1) is 10.0 Å². The lowest BCUT2D eigenvalue weighted by Gasteiger charge is -2.29. The highest BCUT2D eigenvalue weighted by molar-refractivity contribution is 6.42. The summed E-state index contributed by atoms with van der Waals surface area (Å²) >= 11 is 12.4. The van der Waals surface area contributed by atoms with E-state index in [1.54, 1.807) is 0 Å². The van der Waals surface area contributed by atoms with Gasteiger partial charge in [-0.15, -0.1) is 0 Å². The third-order valence-corrected chi connectivity index (χ3v) is 4.15. The smallest absolute Gasteiger partial charge is 0.0640 e. The van der Waals surface area contributed by atoms with E-state index < -0.39 is 0 Å². The Bertz CT molecular complexity index is 363. The number of benzene rings is 1. The summed E-state index contributed by atoms with van der Waals surface area (Å²) in [5, 5.41) is 4.81. The van der Waals surface area contributed by atoms with Gasteiger partial charge in [-0.05, 0) is 30.0 Å². The van der Waals surface area contributed by atoms with Crippen molar-refractivity contribution in [1.82, 2.24) is 5.32 Å². The summed E-state index contributed by atoms with van der Waals surface area (Å²) in [5.74, 6) is 1.10. The van der Waals surface area contributed by atoms with Crippen LogP contribution in [0.3, 0.4) is 0 Å². The first-order valence-corrected chi connectivity index (χ1v) is 6.91. The van der Waals surface area contributed by atoms with E-state index in [-0.39, 0.29) is 6.04 Å². The average Bonchev–Trinajstić information content (AvgIpc) is 2.29. The normalized spacial score (nSPS) is 15.0. The molecule has 1 N–H and O–H groups in total. The number of halogens is 2. The van der Waals surface area contributed by atoms with Crippen molar-refractivity contribution in [2.24, 2.45) is 11.8 Å². The predicted octanol–water partition coefficient (Wildman–Crippen LogP) is 4.94. The van der Waals surface area contributed by atoms with Gasteiger partial charge in [0.15, 0.2) is 0 Å². The van der Waals surface area contributed by atoms with Crippen LogP contribution in [0.4, 0.5) is 0 Å². The van der Waals surface area contributed by atoms with Crippen LogP contribution in [0.1, 0.15) is 39.3 Å². The van der Waals surface area contributed by atoms with Gasteiger partial charge in [-0.2, -0.15) is 0 Å². The molecule has 1 nitrogen and oxygen atoms in total. The van der Waals surface area contributed by atoms with Crippen molar-refractivity contribution in [3.8, 4) is 0 Å². The number of nitrogens with one attached hydrogen (secondary N) is 1. The molecule has 3 heteroatoms. The van der Waals surface area contributed by atoms with Gasteiger partial charge in [-0.3, -0.25) is 0 Å². The van der Waals surface area contributed by atoms with E-state index in [0.717, 1.165) is 12.1 Å². The summed E-state index contributed by atoms with van der Waals surface area (Å²) in [6.45, 7) is 9.74. The fraction of sp³-hybridized carbons (Fsp3) is 0.571. The molecule has 1 rings (SSSR count). The van der Waals surface area contributed by atoms with Crippen molar-refractivity contribution in [2.45, 2.75) is 33.7 Å². The molecule has 96 valence electrons. The summed E-state index contributed by atoms with van der Waals surface area (Å²) in [4.78, 5) is 0. The quantitative estimate of drug-likeness (QED) is 0.802. The van der Waals surface area contributed by atoms with Gasteiger partial charge in [-0.25, -0.2) is 0 Å². The first-order chi connectivity index (χ1) is 7.99. The average molecular weight is 274 g/mol. The Morgan fingerprint density at radius 2 is 1.82 bits per heavy atom. The molecule has 0 amide bonds. The van der Waals surface area contributed by atoms with Gasteiger partial charge in [0.25, 0.3) is 0 Å². The maximum absolute atomic E-state index is 6.30. The molecule has 0 radical (unpaired) electrons. The molecule has 1 aromatic rings. The van der Waals surface area contributed by atoms with Crippen LogP contribution in [0.15, 0.2) is 18.2 Å². The molecule has 0 saturated carbocycles. The van der Waals surface area contributed by atoms with Crippen LogP contribution in [0.25, 0.3) is 0 Å². The van der Waals surface area contributed by atoms with E-state index >= 15 is 0 Å². The lowest BCUT2D eigenvalue weighted by Crippen LogP contribution is -2.29. The van der Waals surface area contributed by atoms with E-state index in [4.69, 9.17) is 23.2 Å². The molecule has 2 atom stereocenters. The van der Waals surface area contributed by atoms with Gasteiger partial charge in [-0.1, -0.05) is 63.0 Å². The van der Waals surface area contributed by atoms with Crippen LogP contribution in [-0.4, -0.2) is 6.54 Å². The number of hydrogen-bond acceptors (Lipinski definition) is 1. The zero-order valence-electron chi connectivity index (χ0n) is 10.9. The van der Waals surface area contributed by atoms with Crippen molar-refractivity contribution in [2.75, 3.05) is 6.54 Å². The van der Waals surface area contributed by atoms with E-state index in [9.17, 15) is 0 Å². The zero-order valence-corrected chi connectivity index (χ0v) is 12.4. The van der Waals surface area contributed by atoms with Crippen LogP contribution in [0.5, 0.6) is 0 Å². The third kappa shape index (κ3) is 3.61. The van der Waals surface area contributed by atoms with Crippen LogP contribution in [-0.2, 0) is 0 Å². The summed E-state index contributed by atoms with van der Waals surface area (Å²) in [7, 11) is 0. The Morgan fingerprint density at radius 3 is 2.35 bits per heavy atom. The standard InChI is InChI=1S/C14H21Cl2N/c1-5-17-14(10(4)9(2)3)11-7-6-8-12(15)13(11)16/h6-10,14,17H,5H2,1-4H3. The lowest BCUT2D eigenvalue weighted by atomic mass is 9.86. The van der Waals surface area contributed by atoms with Crippen LogP contribution in [0, 0.1) is 11.8 Å². The zero-order chi connectivity index (χ0) is 13.0. The van der Waals surface area contributed by atoms with Gasteiger partial charge < -0.3 is 5.32 Å². The second-order valence-corrected chi connectivity index (χ2v) is 5.57. The fourth-order valence-electron chi connectivity index (χ4n) is 1.94. The Hall–Kier alpha value is -0.240. The molecule has 0 aliphatic heterocycles. The van der Waals surface area contributed by atoms with Crippen molar-refractivity contribution >= 4 is 23.2 Å². The molecule has 0 heterocycles. The second kappa shape index (κ2) is 6.63. The van der Waals surface area contributed by atoms with Crippen molar-refractivity contribution in [3.05, 3.63) is 33.8 Å². The first-order valence-electron chi connectivity index (χ1n) is 6.16. The molecule has 0 aliphatic carbocycles. The minimum absolute atomic E-state index is 0.256. The van der Waals surface area contributed by atoms with Gasteiger partial charge >= 0.3 is 0 Å². The van der Waals surface area contributed by atoms with Crippen molar-refractivity contribution < 1.29 is 0 Å². The molecule has 0 aliphatic rings. The molecular weight excluding hydrogens is 253 g/mol. The van der Waals surface area contributed by atoms with E-state index in [2.05, 4.69) is 39.1 Å². The lowest BCUT2D eigenvalue weighted by molar-refractivity contribution is 0.307. The fourth-order valence-corrected chi connectivity index (χ4v) is 2.37. The second-order valence-electron chi connectivity index (χ2n) is 4.78. The Kier molecular flexibility index (Phi) is 5.78. The maximum atomic E-state index is 6.30. The molecule has 0 bridgehead atoms. The highest BCUT2D eigenvalue weighted by Crippen LogP contribution is 2.35. The highest BCUT2D eigenvalue weighted by atomic mass is 35.5. The monoisotopic (exact) mass is 273 g/mol. The molecular formula is C14H21Cl2N. The topological polar surface area (TPSA) is 12.0 Å². The van der Waals surface area contributed by atoms with E-state index in [0.29, 0.717) is 21.9 Å². The molecule has 17 heavy (non-hydrogen) atoms. The van der Waals surface area contributed by atoms with Gasteiger partial charge in [0.2, 0.25) is 0 Å². The Morgan fingerprint density at radius 1 is 1.18 bits per heavy atom. The largest absolute Gasteiger partial charge is 0.310 e. The predicted molar refractivity (Wildman–Crippen MR) is 76.9 cm³/mol. The summed E-state index contributed by atoms with van der Waals surface area (Å²) in [6, 6.07) is 6.10. The summed E-state index contributed by atoms with van der Waals surface area (Å²) in [5.41, 5.74) is 1.10. The molecule has 0 saturated heterocycles. The molecule has 0 aromatic heterocycles. The summed E-state index contributed by atoms with van der Waals surface area (Å²) in [6.07, 6.45) is 0. The maximum Gasteiger partial charge on any atom is 0.0640 e. The Balaban J connectivity index is 3.09. The van der Waals surface area contributed by atoms with Crippen LogP contribution >= 0.6 is 23.2 Å². The van der Waals surface area contributed by atoms with E-state index in [1.807, 2.05) is 12.1 Å². The minimum atomic E-state index is 0.256. The highest BCUT2D eigenvalue weighted by Gasteiger charge is 2.23. The van der Waals surface area contributed by atoms with Crippen LogP contribution in [0.2, 0.25) is 10.0 Å². The Labute approximate surface area is 115 Å². The SMILES string of the molecule is CCNC(c1cccc(Cl)c1Cl)C(C)C(C)C. The molecule has 0 fully saturated rings. The van der Waals surface area contributed by atoms with Gasteiger partial charge in [0.1, 0.15) is 0 Å². The first kappa shape index (κ1) is 14.8. The summed E-state index contributed by atoms with van der Waals surface area (Å²) < 4.78 is 0. The number of hydrogen-bond donors (Lipinski definition) is 1.